The lowest BCUT2D eigenvalue weighted by Crippen LogP contribution is -2.46. The third kappa shape index (κ3) is 13.1. The van der Waals surface area contributed by atoms with Crippen molar-refractivity contribution < 1.29 is 80.5 Å². The average Bonchev–Trinajstić information content (AvgIpc) is 3.67. The van der Waals surface area contributed by atoms with Gasteiger partial charge < -0.3 is 55.9 Å². The van der Waals surface area contributed by atoms with E-state index in [0.29, 0.717) is 0 Å². The van der Waals surface area contributed by atoms with Crippen molar-refractivity contribution >= 4 is 69.1 Å². The molecule has 1 aliphatic rings. The zero-order chi connectivity index (χ0) is 43.2. The second-order valence-electron chi connectivity index (χ2n) is 12.7. The Labute approximate surface area is 328 Å². The number of anilines is 1. The Morgan fingerprint density at radius 3 is 2.41 bits per heavy atom. The number of amides is 2. The van der Waals surface area contributed by atoms with Gasteiger partial charge in [-0.25, -0.2) is 33.4 Å². The largest absolute Gasteiger partial charge is 0.481 e. The quantitative estimate of drug-likeness (QED) is 0.0407. The number of carbonyl (C=O) groups excluding carboxylic acids is 3. The molecule has 322 valence electrons. The zero-order valence-corrected chi connectivity index (χ0v) is 33.5. The molecule has 28 nitrogen and oxygen atoms in total. The van der Waals surface area contributed by atoms with Crippen LogP contribution >= 0.6 is 35.2 Å². The van der Waals surface area contributed by atoms with E-state index in [0.717, 1.165) is 35.0 Å². The van der Waals surface area contributed by atoms with Crippen LogP contribution in [0.2, 0.25) is 0 Å². The van der Waals surface area contributed by atoms with Crippen molar-refractivity contribution in [2.45, 2.75) is 50.9 Å². The Bertz CT molecular complexity index is 2220. The van der Waals surface area contributed by atoms with Crippen molar-refractivity contribution in [3.63, 3.8) is 0 Å². The Hall–Kier alpha value is -3.76. The predicted octanol–water partition coefficient (Wildman–Crippen LogP) is -2.64. The van der Waals surface area contributed by atoms with E-state index in [4.69, 9.17) is 19.5 Å². The lowest BCUT2D eigenvalue weighted by Gasteiger charge is -2.30. The van der Waals surface area contributed by atoms with Crippen molar-refractivity contribution in [1.29, 1.82) is 0 Å². The minimum Gasteiger partial charge on any atom is -0.386 e. The molecule has 0 radical (unpaired) electrons. The van der Waals surface area contributed by atoms with Crippen LogP contribution in [-0.2, 0) is 45.9 Å². The topological polar surface area (TPSA) is 429 Å². The number of hydrogen-bond donors (Lipinski definition) is 11. The van der Waals surface area contributed by atoms with Gasteiger partial charge in [0.25, 0.3) is 5.56 Å². The van der Waals surface area contributed by atoms with Crippen molar-refractivity contribution in [3.8, 4) is 0 Å². The number of aliphatic hydroxyl groups is 2. The summed E-state index contributed by atoms with van der Waals surface area (Å²) in [5.74, 6) is -1.58. The van der Waals surface area contributed by atoms with E-state index in [-0.39, 0.29) is 47.9 Å². The Kier molecular flexibility index (Phi) is 15.4. The molecule has 0 saturated carbocycles. The van der Waals surface area contributed by atoms with Gasteiger partial charge in [0.15, 0.2) is 17.7 Å². The van der Waals surface area contributed by atoms with Crippen LogP contribution in [0.4, 0.5) is 5.82 Å². The molecule has 32 heteroatoms. The number of nitrogen functional groups attached to an aromatic ring is 1. The lowest BCUT2D eigenvalue weighted by molar-refractivity contribution is -0.137. The fourth-order valence-electron chi connectivity index (χ4n) is 4.93. The Morgan fingerprint density at radius 1 is 1.05 bits per heavy atom. The standard InChI is InChI=1S/C26H38N9O19P3S/c1-26(2,19(39)22(40)29-4-3-14(36)28-5-6-58-24(41)12-7-15(37)34-25(42)33-12)9-51-57(48,49)54-56(46,47)50-8-13-18(53-55(43,44)45)17(38)23(52-13)35-11-32-16-20(27)30-10-31-21(16)35/h7,10-11,13,17-19,23,38-39H,3-6,8-9H2,1-2H3,(H,28,36)(H,29,40)(H,46,47)(H,48,49)(H2,27,30,31)(H2,43,44,45)(H2,33,34,37,42). The minimum absolute atomic E-state index is 0.00144. The number of nitrogens with zero attached hydrogens (tertiary/aromatic N) is 4. The van der Waals surface area contributed by atoms with Gasteiger partial charge in [0.2, 0.25) is 16.9 Å². The molecule has 7 atom stereocenters. The summed E-state index contributed by atoms with van der Waals surface area (Å²) in [4.78, 5) is 114. The van der Waals surface area contributed by atoms with Crippen LogP contribution in [0.5, 0.6) is 0 Å². The number of imidazole rings is 1. The summed E-state index contributed by atoms with van der Waals surface area (Å²) in [6.07, 6.45) is -7.18. The number of ether oxygens (including phenoxy) is 1. The number of phosphoric acid groups is 3. The van der Waals surface area contributed by atoms with Crippen molar-refractivity contribution in [2.75, 3.05) is 37.8 Å². The van der Waals surface area contributed by atoms with Crippen LogP contribution < -0.4 is 27.6 Å². The van der Waals surface area contributed by atoms with Gasteiger partial charge in [-0.05, 0) is 0 Å². The van der Waals surface area contributed by atoms with Crippen molar-refractivity contribution in [1.82, 2.24) is 40.1 Å². The number of phosphoric ester groups is 3. The fourth-order valence-corrected chi connectivity index (χ4v) is 8.41. The fraction of sp³-hybridized carbons (Fsp3) is 0.538. The molecule has 1 fully saturated rings. The molecule has 3 aromatic heterocycles. The van der Waals surface area contributed by atoms with Gasteiger partial charge in [-0.15, -0.1) is 0 Å². The number of nitrogens with two attached hydrogens (primary N) is 1. The van der Waals surface area contributed by atoms with Crippen molar-refractivity contribution in [2.24, 2.45) is 5.41 Å². The number of aromatic amines is 2. The monoisotopic (exact) mass is 905 g/mol. The van der Waals surface area contributed by atoms with Gasteiger partial charge in [-0.2, -0.15) is 4.31 Å². The SMILES string of the molecule is CC(C)(COP(=O)(O)OP(=O)(O)OCC1OC(n2cnc3c(N)ncnc32)C(O)C1OP(=O)(O)O)C(O)C(=O)NCCC(=O)NCCSC(=O)c1cc(=O)[nH]c(=O)[nH]1. The molecular weight excluding hydrogens is 867 g/mol. The second-order valence-corrected chi connectivity index (χ2v) is 18.0. The summed E-state index contributed by atoms with van der Waals surface area (Å²) in [5, 5.41) is 25.6. The van der Waals surface area contributed by atoms with Crippen LogP contribution in [0.15, 0.2) is 28.3 Å². The number of thioether (sulfide) groups is 1. The third-order valence-electron chi connectivity index (χ3n) is 7.72. The molecule has 58 heavy (non-hydrogen) atoms. The number of carbonyl (C=O) groups is 3. The molecule has 4 heterocycles. The van der Waals surface area contributed by atoms with E-state index in [1.54, 1.807) is 0 Å². The maximum absolute atomic E-state index is 12.7. The highest BCUT2D eigenvalue weighted by Crippen LogP contribution is 2.61. The molecule has 0 aromatic carbocycles. The summed E-state index contributed by atoms with van der Waals surface area (Å²) in [6.45, 7) is 0.0562. The van der Waals surface area contributed by atoms with Crippen LogP contribution in [0, 0.1) is 5.41 Å². The van der Waals surface area contributed by atoms with Gasteiger partial charge >= 0.3 is 29.2 Å². The van der Waals surface area contributed by atoms with E-state index < -0.39 is 101 Å². The summed E-state index contributed by atoms with van der Waals surface area (Å²) in [6, 6.07) is 0.907. The number of aliphatic hydroxyl groups excluding tert-OH is 2. The van der Waals surface area contributed by atoms with E-state index >= 15 is 0 Å². The maximum atomic E-state index is 12.7. The molecule has 0 bridgehead atoms. The van der Waals surface area contributed by atoms with Crippen LogP contribution in [-0.4, -0.2) is 133 Å². The van der Waals surface area contributed by atoms with Crippen LogP contribution in [0.3, 0.4) is 0 Å². The number of aromatic nitrogens is 6. The number of nitrogens with one attached hydrogen (secondary N) is 4. The van der Waals surface area contributed by atoms with Crippen molar-refractivity contribution in [3.05, 3.63) is 45.3 Å². The molecule has 2 amide bonds. The van der Waals surface area contributed by atoms with Gasteiger partial charge in [-0.1, -0.05) is 25.6 Å². The van der Waals surface area contributed by atoms with Gasteiger partial charge in [0, 0.05) is 36.7 Å². The van der Waals surface area contributed by atoms with E-state index in [2.05, 4.69) is 39.4 Å². The highest BCUT2D eigenvalue weighted by Gasteiger charge is 2.50. The van der Waals surface area contributed by atoms with E-state index in [1.807, 2.05) is 4.98 Å². The van der Waals surface area contributed by atoms with Crippen LogP contribution in [0.1, 0.15) is 37.0 Å². The first kappa shape index (κ1) is 46.9. The van der Waals surface area contributed by atoms with Gasteiger partial charge in [0.05, 0.1) is 19.5 Å². The normalized spacial score (nSPS) is 21.2. The molecule has 1 saturated heterocycles. The Morgan fingerprint density at radius 2 is 1.74 bits per heavy atom. The molecule has 3 aromatic rings. The van der Waals surface area contributed by atoms with Gasteiger partial charge in [-0.3, -0.25) is 42.3 Å². The highest BCUT2D eigenvalue weighted by atomic mass is 32.2. The first-order chi connectivity index (χ1) is 26.9. The molecule has 4 rings (SSSR count). The van der Waals surface area contributed by atoms with Gasteiger partial charge in [0.1, 0.15) is 42.0 Å². The van der Waals surface area contributed by atoms with E-state index in [9.17, 15) is 67.5 Å². The first-order valence-electron chi connectivity index (χ1n) is 16.3. The lowest BCUT2D eigenvalue weighted by atomic mass is 9.87. The summed E-state index contributed by atoms with van der Waals surface area (Å²) in [7, 11) is -16.5. The summed E-state index contributed by atoms with van der Waals surface area (Å²) in [5.41, 5.74) is 2.32. The maximum Gasteiger partial charge on any atom is 0.481 e. The number of rotatable bonds is 20. The Balaban J connectivity index is 1.23. The molecule has 12 N–H and O–H groups in total. The minimum atomic E-state index is -5.60. The second kappa shape index (κ2) is 19.1. The average molecular weight is 906 g/mol. The molecule has 0 aliphatic carbocycles. The van der Waals surface area contributed by atoms with Crippen LogP contribution in [0.25, 0.3) is 11.2 Å². The number of hydrogen-bond acceptors (Lipinski definition) is 20. The summed E-state index contributed by atoms with van der Waals surface area (Å²) >= 11 is 0.718. The smallest absolute Gasteiger partial charge is 0.386 e. The molecular formula is C26H38N9O19P3S. The zero-order valence-electron chi connectivity index (χ0n) is 30.0. The molecule has 1 aliphatic heterocycles. The predicted molar refractivity (Wildman–Crippen MR) is 194 cm³/mol. The molecule has 7 unspecified atom stereocenters. The first-order valence-corrected chi connectivity index (χ1v) is 21.8. The third-order valence-corrected chi connectivity index (χ3v) is 11.7. The molecule has 0 spiro atoms. The highest BCUT2D eigenvalue weighted by molar-refractivity contribution is 8.14. The number of H-pyrrole nitrogens is 2. The summed E-state index contributed by atoms with van der Waals surface area (Å²) < 4.78 is 62.0. The van der Waals surface area contributed by atoms with E-state index in [1.165, 1.54) is 13.8 Å². The number of fused-ring (bicyclic) bond motifs is 1.